The molecule has 0 aliphatic rings. The van der Waals surface area contributed by atoms with E-state index in [1.54, 1.807) is 18.2 Å². The Morgan fingerprint density at radius 2 is 1.79 bits per heavy atom. The smallest absolute Gasteiger partial charge is 0.132 e. The van der Waals surface area contributed by atoms with Crippen molar-refractivity contribution in [3.63, 3.8) is 0 Å². The van der Waals surface area contributed by atoms with Crippen LogP contribution in [0.1, 0.15) is 17.2 Å². The second-order valence-corrected chi connectivity index (χ2v) is 4.95. The fourth-order valence-electron chi connectivity index (χ4n) is 1.81. The summed E-state index contributed by atoms with van der Waals surface area (Å²) in [4.78, 5) is 0. The lowest BCUT2D eigenvalue weighted by Gasteiger charge is -2.15. The van der Waals surface area contributed by atoms with E-state index in [1.807, 2.05) is 0 Å². The van der Waals surface area contributed by atoms with E-state index in [1.165, 1.54) is 25.3 Å². The standard InChI is InChI=1S/C14H12BrF2NO/c1-19-9-3-4-10(13(17)7-9)14(18)11-6-8(15)2-5-12(11)16/h2-7,14H,18H2,1H3. The van der Waals surface area contributed by atoms with Crippen LogP contribution in [-0.4, -0.2) is 7.11 Å². The summed E-state index contributed by atoms with van der Waals surface area (Å²) in [5, 5.41) is 0. The normalized spacial score (nSPS) is 12.3. The lowest BCUT2D eigenvalue weighted by molar-refractivity contribution is 0.410. The first kappa shape index (κ1) is 14.0. The van der Waals surface area contributed by atoms with Crippen molar-refractivity contribution in [2.24, 2.45) is 5.73 Å². The Morgan fingerprint density at radius 3 is 2.42 bits per heavy atom. The molecule has 2 aromatic carbocycles. The Hall–Kier alpha value is -1.46. The van der Waals surface area contributed by atoms with Gasteiger partial charge in [-0.05, 0) is 24.3 Å². The zero-order valence-corrected chi connectivity index (χ0v) is 11.7. The summed E-state index contributed by atoms with van der Waals surface area (Å²) < 4.78 is 33.3. The summed E-state index contributed by atoms with van der Waals surface area (Å²) in [7, 11) is 1.45. The molecular weight excluding hydrogens is 316 g/mol. The molecule has 2 nitrogen and oxygen atoms in total. The van der Waals surface area contributed by atoms with E-state index >= 15 is 0 Å². The van der Waals surface area contributed by atoms with Crippen molar-refractivity contribution in [2.45, 2.75) is 6.04 Å². The molecular formula is C14H12BrF2NO. The number of nitrogens with two attached hydrogens (primary N) is 1. The summed E-state index contributed by atoms with van der Waals surface area (Å²) >= 11 is 3.24. The fraction of sp³-hybridized carbons (Fsp3) is 0.143. The van der Waals surface area contributed by atoms with Gasteiger partial charge in [-0.3, -0.25) is 0 Å². The Bertz CT molecular complexity index is 604. The maximum absolute atomic E-state index is 13.9. The van der Waals surface area contributed by atoms with Gasteiger partial charge in [-0.2, -0.15) is 0 Å². The second kappa shape index (κ2) is 5.67. The van der Waals surface area contributed by atoms with Gasteiger partial charge in [0.2, 0.25) is 0 Å². The van der Waals surface area contributed by atoms with Crippen LogP contribution in [0.5, 0.6) is 5.75 Å². The van der Waals surface area contributed by atoms with Gasteiger partial charge in [0.1, 0.15) is 17.4 Å². The third-order valence-corrected chi connectivity index (χ3v) is 3.33. The molecule has 0 bridgehead atoms. The third kappa shape index (κ3) is 2.93. The van der Waals surface area contributed by atoms with E-state index in [0.717, 1.165) is 0 Å². The number of hydrogen-bond acceptors (Lipinski definition) is 2. The largest absolute Gasteiger partial charge is 0.497 e. The molecule has 1 atom stereocenters. The van der Waals surface area contributed by atoms with Crippen LogP contribution in [0.4, 0.5) is 8.78 Å². The van der Waals surface area contributed by atoms with Gasteiger partial charge in [0.25, 0.3) is 0 Å². The number of benzene rings is 2. The Balaban J connectivity index is 2.43. The van der Waals surface area contributed by atoms with Crippen LogP contribution >= 0.6 is 15.9 Å². The van der Waals surface area contributed by atoms with Crippen LogP contribution in [0.15, 0.2) is 40.9 Å². The zero-order valence-electron chi connectivity index (χ0n) is 10.2. The molecule has 0 aliphatic carbocycles. The third-order valence-electron chi connectivity index (χ3n) is 2.84. The number of ether oxygens (including phenoxy) is 1. The van der Waals surface area contributed by atoms with E-state index in [4.69, 9.17) is 10.5 Å². The number of methoxy groups -OCH3 is 1. The van der Waals surface area contributed by atoms with Crippen LogP contribution in [0.3, 0.4) is 0 Å². The molecule has 2 N–H and O–H groups in total. The van der Waals surface area contributed by atoms with Crippen LogP contribution < -0.4 is 10.5 Å². The Kier molecular flexibility index (Phi) is 4.17. The van der Waals surface area contributed by atoms with Crippen molar-refractivity contribution in [3.8, 4) is 5.75 Å². The summed E-state index contributed by atoms with van der Waals surface area (Å²) in [6, 6.07) is 7.85. The minimum absolute atomic E-state index is 0.220. The molecule has 0 saturated carbocycles. The van der Waals surface area contributed by atoms with Crippen molar-refractivity contribution >= 4 is 15.9 Å². The number of rotatable bonds is 3. The van der Waals surface area contributed by atoms with Gasteiger partial charge >= 0.3 is 0 Å². The van der Waals surface area contributed by atoms with Gasteiger partial charge in [0.15, 0.2) is 0 Å². The first-order chi connectivity index (χ1) is 9.02. The molecule has 2 aromatic rings. The highest BCUT2D eigenvalue weighted by Gasteiger charge is 2.18. The van der Waals surface area contributed by atoms with Crippen LogP contribution in [0.2, 0.25) is 0 Å². The average molecular weight is 328 g/mol. The monoisotopic (exact) mass is 327 g/mol. The van der Waals surface area contributed by atoms with Gasteiger partial charge in [-0.1, -0.05) is 22.0 Å². The number of halogens is 3. The SMILES string of the molecule is COc1ccc(C(N)c2cc(Br)ccc2F)c(F)c1. The first-order valence-electron chi connectivity index (χ1n) is 5.57. The van der Waals surface area contributed by atoms with Crippen LogP contribution in [0.25, 0.3) is 0 Å². The highest BCUT2D eigenvalue weighted by atomic mass is 79.9. The van der Waals surface area contributed by atoms with Gasteiger partial charge < -0.3 is 10.5 Å². The molecule has 0 heterocycles. The van der Waals surface area contributed by atoms with Gasteiger partial charge in [0.05, 0.1) is 13.2 Å². The highest BCUT2D eigenvalue weighted by Crippen LogP contribution is 2.28. The highest BCUT2D eigenvalue weighted by molar-refractivity contribution is 9.10. The Morgan fingerprint density at radius 1 is 1.05 bits per heavy atom. The van der Waals surface area contributed by atoms with Crippen molar-refractivity contribution in [1.82, 2.24) is 0 Å². The molecule has 0 amide bonds. The molecule has 0 fully saturated rings. The quantitative estimate of drug-likeness (QED) is 0.931. The lowest BCUT2D eigenvalue weighted by Crippen LogP contribution is -2.15. The summed E-state index contributed by atoms with van der Waals surface area (Å²) in [6.07, 6.45) is 0. The summed E-state index contributed by atoms with van der Waals surface area (Å²) in [5.74, 6) is -0.597. The van der Waals surface area contributed by atoms with Gasteiger partial charge in [-0.25, -0.2) is 8.78 Å². The minimum Gasteiger partial charge on any atom is -0.497 e. The van der Waals surface area contributed by atoms with E-state index in [-0.39, 0.29) is 11.1 Å². The Labute approximate surface area is 118 Å². The van der Waals surface area contributed by atoms with Crippen molar-refractivity contribution in [3.05, 3.63) is 63.6 Å². The van der Waals surface area contributed by atoms with Crippen molar-refractivity contribution in [1.29, 1.82) is 0 Å². The van der Waals surface area contributed by atoms with E-state index in [0.29, 0.717) is 10.2 Å². The maximum atomic E-state index is 13.9. The minimum atomic E-state index is -0.872. The molecule has 0 radical (unpaired) electrons. The fourth-order valence-corrected chi connectivity index (χ4v) is 2.19. The maximum Gasteiger partial charge on any atom is 0.132 e. The lowest BCUT2D eigenvalue weighted by atomic mass is 9.98. The summed E-state index contributed by atoms with van der Waals surface area (Å²) in [6.45, 7) is 0. The topological polar surface area (TPSA) is 35.2 Å². The van der Waals surface area contributed by atoms with Gasteiger partial charge in [-0.15, -0.1) is 0 Å². The van der Waals surface area contributed by atoms with E-state index in [9.17, 15) is 8.78 Å². The molecule has 1 unspecified atom stereocenters. The van der Waals surface area contributed by atoms with Crippen molar-refractivity contribution in [2.75, 3.05) is 7.11 Å². The molecule has 0 aliphatic heterocycles. The molecule has 0 spiro atoms. The van der Waals surface area contributed by atoms with Gasteiger partial charge in [0, 0.05) is 21.7 Å². The molecule has 2 rings (SSSR count). The molecule has 5 heteroatoms. The van der Waals surface area contributed by atoms with Crippen LogP contribution in [-0.2, 0) is 0 Å². The summed E-state index contributed by atoms with van der Waals surface area (Å²) in [5.41, 5.74) is 6.39. The van der Waals surface area contributed by atoms with Crippen LogP contribution in [0, 0.1) is 11.6 Å². The first-order valence-corrected chi connectivity index (χ1v) is 6.36. The molecule has 0 aromatic heterocycles. The van der Waals surface area contributed by atoms with Crippen molar-refractivity contribution < 1.29 is 13.5 Å². The second-order valence-electron chi connectivity index (χ2n) is 4.03. The van der Waals surface area contributed by atoms with E-state index in [2.05, 4.69) is 15.9 Å². The van der Waals surface area contributed by atoms with E-state index < -0.39 is 17.7 Å². The predicted molar refractivity (Wildman–Crippen MR) is 73.1 cm³/mol. The molecule has 19 heavy (non-hydrogen) atoms. The zero-order chi connectivity index (χ0) is 14.0. The molecule has 0 saturated heterocycles. The average Bonchev–Trinajstić information content (AvgIpc) is 2.40. The number of hydrogen-bond donors (Lipinski definition) is 1. The predicted octanol–water partition coefficient (Wildman–Crippen LogP) is 3.78. The molecule has 100 valence electrons.